The van der Waals surface area contributed by atoms with Gasteiger partial charge in [-0.2, -0.15) is 0 Å². The van der Waals surface area contributed by atoms with E-state index in [9.17, 15) is 9.59 Å². The van der Waals surface area contributed by atoms with Crippen LogP contribution in [0.15, 0.2) is 0 Å². The first kappa shape index (κ1) is 13.1. The molecule has 0 aromatic carbocycles. The van der Waals surface area contributed by atoms with Gasteiger partial charge in [0.25, 0.3) is 0 Å². The Balaban J connectivity index is 3.78. The highest BCUT2D eigenvalue weighted by Gasteiger charge is 2.16. The topological polar surface area (TPSA) is 69.4 Å². The van der Waals surface area contributed by atoms with Crippen LogP contribution in [0.1, 0.15) is 33.1 Å². The van der Waals surface area contributed by atoms with Crippen molar-refractivity contribution in [3.05, 3.63) is 0 Å². The van der Waals surface area contributed by atoms with Gasteiger partial charge in [0, 0.05) is 6.42 Å². The molecule has 0 aliphatic rings. The number of Topliss-reactive ketones (excluding diaryl/α,β-unsaturated/α-hetero) is 1. The molecule has 0 heterocycles. The molecule has 0 saturated carbocycles. The average molecular weight is 201 g/mol. The van der Waals surface area contributed by atoms with Crippen molar-refractivity contribution in [2.45, 2.75) is 39.2 Å². The number of esters is 1. The molecule has 14 heavy (non-hydrogen) atoms. The van der Waals surface area contributed by atoms with Gasteiger partial charge in [-0.3, -0.25) is 9.59 Å². The summed E-state index contributed by atoms with van der Waals surface area (Å²) < 4.78 is 4.43. The van der Waals surface area contributed by atoms with Crippen LogP contribution in [0, 0.1) is 5.92 Å². The molecule has 1 unspecified atom stereocenters. The number of methoxy groups -OCH3 is 1. The Hall–Kier alpha value is -0.900. The Morgan fingerprint density at radius 2 is 1.86 bits per heavy atom. The van der Waals surface area contributed by atoms with E-state index in [0.29, 0.717) is 12.3 Å². The van der Waals surface area contributed by atoms with Gasteiger partial charge in [-0.1, -0.05) is 13.8 Å². The van der Waals surface area contributed by atoms with Crippen molar-refractivity contribution in [3.8, 4) is 0 Å². The van der Waals surface area contributed by atoms with E-state index in [1.165, 1.54) is 7.11 Å². The fourth-order valence-corrected chi connectivity index (χ4v) is 1.15. The highest BCUT2D eigenvalue weighted by Crippen LogP contribution is 2.06. The predicted octanol–water partition coefficient (Wildman–Crippen LogP) is 0.882. The minimum absolute atomic E-state index is 0.0656. The summed E-state index contributed by atoms with van der Waals surface area (Å²) in [7, 11) is 1.31. The number of nitrogens with two attached hydrogens (primary N) is 1. The molecule has 0 saturated heterocycles. The second kappa shape index (κ2) is 6.54. The maximum absolute atomic E-state index is 11.4. The molecule has 0 aromatic heterocycles. The second-order valence-corrected chi connectivity index (χ2v) is 3.78. The van der Waals surface area contributed by atoms with Crippen molar-refractivity contribution in [1.82, 2.24) is 0 Å². The fourth-order valence-electron chi connectivity index (χ4n) is 1.15. The van der Waals surface area contributed by atoms with Crippen LogP contribution in [0.5, 0.6) is 0 Å². The van der Waals surface area contributed by atoms with Gasteiger partial charge in [0.15, 0.2) is 0 Å². The van der Waals surface area contributed by atoms with E-state index < -0.39 is 6.04 Å². The van der Waals surface area contributed by atoms with E-state index >= 15 is 0 Å². The standard InChI is InChI=1S/C10H19NO3/c1-7(2)6-8(11)9(12)4-5-10(13)14-3/h7-8H,4-6,11H2,1-3H3. The van der Waals surface area contributed by atoms with Crippen LogP contribution >= 0.6 is 0 Å². The molecule has 4 nitrogen and oxygen atoms in total. The van der Waals surface area contributed by atoms with Gasteiger partial charge in [0.2, 0.25) is 0 Å². The molecule has 0 aliphatic carbocycles. The average Bonchev–Trinajstić information content (AvgIpc) is 2.12. The van der Waals surface area contributed by atoms with Crippen molar-refractivity contribution < 1.29 is 14.3 Å². The first-order chi connectivity index (χ1) is 6.47. The van der Waals surface area contributed by atoms with Crippen LogP contribution in [0.4, 0.5) is 0 Å². The first-order valence-electron chi connectivity index (χ1n) is 4.82. The highest BCUT2D eigenvalue weighted by molar-refractivity contribution is 5.86. The number of hydrogen-bond acceptors (Lipinski definition) is 4. The van der Waals surface area contributed by atoms with E-state index in [1.807, 2.05) is 13.8 Å². The predicted molar refractivity (Wildman–Crippen MR) is 53.7 cm³/mol. The van der Waals surface area contributed by atoms with Crippen molar-refractivity contribution in [3.63, 3.8) is 0 Å². The Bertz CT molecular complexity index is 202. The molecule has 2 N–H and O–H groups in total. The zero-order valence-corrected chi connectivity index (χ0v) is 9.08. The minimum atomic E-state index is -0.445. The van der Waals surface area contributed by atoms with Gasteiger partial charge >= 0.3 is 5.97 Å². The van der Waals surface area contributed by atoms with Crippen LogP contribution in [-0.2, 0) is 14.3 Å². The van der Waals surface area contributed by atoms with Crippen LogP contribution in [0.3, 0.4) is 0 Å². The van der Waals surface area contributed by atoms with Crippen molar-refractivity contribution in [1.29, 1.82) is 0 Å². The quantitative estimate of drug-likeness (QED) is 0.648. The molecule has 0 aromatic rings. The molecule has 0 spiro atoms. The Morgan fingerprint density at radius 3 is 2.29 bits per heavy atom. The lowest BCUT2D eigenvalue weighted by Gasteiger charge is -2.12. The smallest absolute Gasteiger partial charge is 0.305 e. The van der Waals surface area contributed by atoms with Gasteiger partial charge in [-0.15, -0.1) is 0 Å². The van der Waals surface area contributed by atoms with E-state index in [-0.39, 0.29) is 24.6 Å². The van der Waals surface area contributed by atoms with Gasteiger partial charge < -0.3 is 10.5 Å². The summed E-state index contributed by atoms with van der Waals surface area (Å²) >= 11 is 0. The van der Waals surface area contributed by atoms with E-state index in [4.69, 9.17) is 5.73 Å². The number of ketones is 1. The van der Waals surface area contributed by atoms with Crippen molar-refractivity contribution in [2.75, 3.05) is 7.11 Å². The minimum Gasteiger partial charge on any atom is -0.469 e. The van der Waals surface area contributed by atoms with Gasteiger partial charge in [-0.05, 0) is 12.3 Å². The molecule has 0 radical (unpaired) electrons. The zero-order chi connectivity index (χ0) is 11.1. The SMILES string of the molecule is COC(=O)CCC(=O)C(N)CC(C)C. The number of hydrogen-bond donors (Lipinski definition) is 1. The molecule has 0 bridgehead atoms. The van der Waals surface area contributed by atoms with E-state index in [1.54, 1.807) is 0 Å². The number of ether oxygens (including phenoxy) is 1. The summed E-state index contributed by atoms with van der Waals surface area (Å²) in [6.45, 7) is 4.01. The molecular weight excluding hydrogens is 182 g/mol. The van der Waals surface area contributed by atoms with Crippen molar-refractivity contribution >= 4 is 11.8 Å². The molecule has 0 rings (SSSR count). The third-order valence-electron chi connectivity index (χ3n) is 1.94. The van der Waals surface area contributed by atoms with E-state index in [0.717, 1.165) is 0 Å². The summed E-state index contributed by atoms with van der Waals surface area (Å²) in [6.07, 6.45) is 0.974. The molecule has 0 fully saturated rings. The third kappa shape index (κ3) is 5.70. The molecular formula is C10H19NO3. The Kier molecular flexibility index (Phi) is 6.12. The fraction of sp³-hybridized carbons (Fsp3) is 0.800. The van der Waals surface area contributed by atoms with Crippen LogP contribution < -0.4 is 5.73 Å². The van der Waals surface area contributed by atoms with Crippen LogP contribution in [-0.4, -0.2) is 24.9 Å². The lowest BCUT2D eigenvalue weighted by atomic mass is 9.99. The first-order valence-corrected chi connectivity index (χ1v) is 4.82. The molecule has 1 atom stereocenters. The largest absolute Gasteiger partial charge is 0.469 e. The third-order valence-corrected chi connectivity index (χ3v) is 1.94. The lowest BCUT2D eigenvalue weighted by Crippen LogP contribution is -2.32. The molecule has 0 aliphatic heterocycles. The Labute approximate surface area is 84.8 Å². The maximum atomic E-state index is 11.4. The van der Waals surface area contributed by atoms with Gasteiger partial charge in [-0.25, -0.2) is 0 Å². The number of carbonyl (C=O) groups excluding carboxylic acids is 2. The maximum Gasteiger partial charge on any atom is 0.305 e. The summed E-state index contributed by atoms with van der Waals surface area (Å²) in [6, 6.07) is -0.445. The zero-order valence-electron chi connectivity index (χ0n) is 9.08. The Morgan fingerprint density at radius 1 is 1.29 bits per heavy atom. The normalized spacial score (nSPS) is 12.6. The summed E-state index contributed by atoms with van der Waals surface area (Å²) in [4.78, 5) is 22.1. The number of rotatable bonds is 6. The summed E-state index contributed by atoms with van der Waals surface area (Å²) in [5, 5.41) is 0. The van der Waals surface area contributed by atoms with E-state index in [2.05, 4.69) is 4.74 Å². The summed E-state index contributed by atoms with van der Waals surface area (Å²) in [5.74, 6) is -0.0359. The number of carbonyl (C=O) groups is 2. The molecule has 82 valence electrons. The highest BCUT2D eigenvalue weighted by atomic mass is 16.5. The van der Waals surface area contributed by atoms with Crippen LogP contribution in [0.2, 0.25) is 0 Å². The van der Waals surface area contributed by atoms with Gasteiger partial charge in [0.1, 0.15) is 5.78 Å². The summed E-state index contributed by atoms with van der Waals surface area (Å²) in [5.41, 5.74) is 5.64. The molecule has 4 heteroatoms. The monoisotopic (exact) mass is 201 g/mol. The lowest BCUT2D eigenvalue weighted by molar-refractivity contribution is -0.142. The van der Waals surface area contributed by atoms with Crippen LogP contribution in [0.25, 0.3) is 0 Å². The second-order valence-electron chi connectivity index (χ2n) is 3.78. The van der Waals surface area contributed by atoms with Gasteiger partial charge in [0.05, 0.1) is 19.6 Å². The van der Waals surface area contributed by atoms with Crippen molar-refractivity contribution in [2.24, 2.45) is 11.7 Å². The molecule has 0 amide bonds.